The van der Waals surface area contributed by atoms with Crippen LogP contribution in [0, 0.1) is 0 Å². The molecule has 0 aliphatic carbocycles. The fourth-order valence-electron chi connectivity index (χ4n) is 8.67. The van der Waals surface area contributed by atoms with Crippen molar-refractivity contribution in [2.45, 2.75) is 297 Å². The van der Waals surface area contributed by atoms with Crippen LogP contribution in [-0.4, -0.2) is 37.2 Å². The molecule has 0 aromatic heterocycles. The highest BCUT2D eigenvalue weighted by Gasteiger charge is 2.19. The molecule has 6 nitrogen and oxygen atoms in total. The zero-order valence-corrected chi connectivity index (χ0v) is 50.2. The number of carbonyl (C=O) groups is 3. The molecule has 0 amide bonds. The number of rotatable bonds is 57. The largest absolute Gasteiger partial charge is 0.462 e. The second kappa shape index (κ2) is 64.3. The van der Waals surface area contributed by atoms with Gasteiger partial charge in [0.1, 0.15) is 13.2 Å². The maximum Gasteiger partial charge on any atom is 0.306 e. The van der Waals surface area contributed by atoms with Gasteiger partial charge < -0.3 is 14.2 Å². The van der Waals surface area contributed by atoms with E-state index < -0.39 is 6.10 Å². The molecule has 0 fully saturated rings. The Morgan fingerprint density at radius 1 is 0.273 bits per heavy atom. The lowest BCUT2D eigenvalue weighted by atomic mass is 10.0. The number of ether oxygens (including phenoxy) is 3. The van der Waals surface area contributed by atoms with Crippen molar-refractivity contribution in [3.05, 3.63) is 122 Å². The summed E-state index contributed by atoms with van der Waals surface area (Å²) in [6.07, 6.45) is 89.3. The topological polar surface area (TPSA) is 78.9 Å². The Morgan fingerprint density at radius 3 is 0.870 bits per heavy atom. The fourth-order valence-corrected chi connectivity index (χ4v) is 8.67. The Balaban J connectivity index is 4.32. The molecule has 0 radical (unpaired) electrons. The first-order valence-electron chi connectivity index (χ1n) is 32.0. The van der Waals surface area contributed by atoms with Crippen LogP contribution in [0.5, 0.6) is 0 Å². The van der Waals surface area contributed by atoms with Gasteiger partial charge in [0.25, 0.3) is 0 Å². The highest BCUT2D eigenvalue weighted by molar-refractivity contribution is 5.71. The van der Waals surface area contributed by atoms with Gasteiger partial charge in [0.05, 0.1) is 0 Å². The van der Waals surface area contributed by atoms with Crippen molar-refractivity contribution in [2.75, 3.05) is 13.2 Å². The Hall–Kier alpha value is -4.19. The third-order valence-corrected chi connectivity index (χ3v) is 13.4. The molecule has 0 heterocycles. The van der Waals surface area contributed by atoms with E-state index in [1.165, 1.54) is 109 Å². The van der Waals surface area contributed by atoms with E-state index >= 15 is 0 Å². The number of allylic oxidation sites excluding steroid dienone is 20. The third-order valence-electron chi connectivity index (χ3n) is 13.4. The second-order valence-electron chi connectivity index (χ2n) is 20.9. The first-order valence-corrected chi connectivity index (χ1v) is 32.0. The van der Waals surface area contributed by atoms with Crippen molar-refractivity contribution < 1.29 is 28.6 Å². The molecule has 0 aliphatic heterocycles. The molecule has 6 heteroatoms. The second-order valence-corrected chi connectivity index (χ2v) is 20.9. The molecular weight excluding hydrogens is 949 g/mol. The zero-order chi connectivity index (χ0) is 55.7. The average molecular weight is 1070 g/mol. The maximum atomic E-state index is 12.9. The van der Waals surface area contributed by atoms with Gasteiger partial charge in [-0.15, -0.1) is 0 Å². The lowest BCUT2D eigenvalue weighted by Gasteiger charge is -2.18. The first kappa shape index (κ1) is 72.8. The molecule has 1 atom stereocenters. The van der Waals surface area contributed by atoms with Crippen LogP contribution >= 0.6 is 0 Å². The van der Waals surface area contributed by atoms with E-state index in [4.69, 9.17) is 14.2 Å². The third kappa shape index (κ3) is 62.5. The summed E-state index contributed by atoms with van der Waals surface area (Å²) < 4.78 is 16.8. The smallest absolute Gasteiger partial charge is 0.306 e. The SMILES string of the molecule is CC/C=C\C/C=C\C/C=C\C/C=C\C/C=C\C/C=C\C/C=C\C/C=C\C/C=C\CCCCCC(=O)OCC(COC(=O)CCCCCCC/C=C\CCC)OC(=O)CCCCCCCCCCCCCCCCCCCC. The van der Waals surface area contributed by atoms with Crippen molar-refractivity contribution in [3.63, 3.8) is 0 Å². The van der Waals surface area contributed by atoms with Gasteiger partial charge in [-0.25, -0.2) is 0 Å². The minimum atomic E-state index is -0.796. The van der Waals surface area contributed by atoms with E-state index in [9.17, 15) is 14.4 Å². The number of carbonyl (C=O) groups excluding carboxylic acids is 3. The molecule has 0 N–H and O–H groups in total. The van der Waals surface area contributed by atoms with Crippen molar-refractivity contribution in [1.29, 1.82) is 0 Å². The zero-order valence-electron chi connectivity index (χ0n) is 50.2. The van der Waals surface area contributed by atoms with Crippen molar-refractivity contribution in [3.8, 4) is 0 Å². The fraction of sp³-hybridized carbons (Fsp3) is 0.676. The monoisotopic (exact) mass is 1070 g/mol. The molecule has 0 aromatic carbocycles. The van der Waals surface area contributed by atoms with Crippen molar-refractivity contribution >= 4 is 17.9 Å². The van der Waals surface area contributed by atoms with Crippen LogP contribution in [0.2, 0.25) is 0 Å². The molecule has 0 rings (SSSR count). The Kier molecular flexibility index (Phi) is 60.8. The molecule has 0 aliphatic rings. The molecule has 0 aromatic rings. The predicted octanol–water partition coefficient (Wildman–Crippen LogP) is 22.0. The number of unbranched alkanes of at least 4 members (excludes halogenated alkanes) is 26. The molecule has 0 spiro atoms. The lowest BCUT2D eigenvalue weighted by Crippen LogP contribution is -2.30. The number of hydrogen-bond acceptors (Lipinski definition) is 6. The van der Waals surface area contributed by atoms with Crippen molar-refractivity contribution in [1.82, 2.24) is 0 Å². The molecule has 0 saturated carbocycles. The van der Waals surface area contributed by atoms with E-state index in [1.54, 1.807) is 0 Å². The van der Waals surface area contributed by atoms with Crippen LogP contribution in [0.1, 0.15) is 290 Å². The van der Waals surface area contributed by atoms with Gasteiger partial charge in [0, 0.05) is 19.3 Å². The lowest BCUT2D eigenvalue weighted by molar-refractivity contribution is -0.167. The van der Waals surface area contributed by atoms with E-state index in [0.29, 0.717) is 19.3 Å². The van der Waals surface area contributed by atoms with Crippen LogP contribution in [0.15, 0.2) is 122 Å². The highest BCUT2D eigenvalue weighted by atomic mass is 16.6. The Labute approximate surface area is 475 Å². The Bertz CT molecular complexity index is 1600. The summed E-state index contributed by atoms with van der Waals surface area (Å²) in [5, 5.41) is 0. The standard InChI is InChI=1S/C71H118O6/c1-4-7-10-13-16-19-22-24-26-28-30-31-32-33-34-35-36-37-38-39-40-41-42-44-45-47-49-52-55-58-61-64-70(73)76-67-68(66-75-69(72)63-60-57-54-51-21-18-15-12-9-6-3)77-71(74)65-62-59-56-53-50-48-46-43-29-27-25-23-20-17-14-11-8-5-2/h7,10,12,15-16,19,24,26,30-31,33-34,36-37,39-40,42,44,47,49,68H,4-6,8-9,11,13-14,17-18,20-23,25,27-29,32,35,38,41,43,45-46,48,50-67H2,1-3H3/b10-7-,15-12-,19-16-,26-24-,31-30-,34-33-,37-36-,40-39-,44-42-,49-47-. The van der Waals surface area contributed by atoms with E-state index in [2.05, 4.69) is 142 Å². The maximum absolute atomic E-state index is 12.9. The van der Waals surface area contributed by atoms with Gasteiger partial charge in [-0.1, -0.05) is 284 Å². The van der Waals surface area contributed by atoms with E-state index in [1.807, 2.05) is 0 Å². The molecule has 0 saturated heterocycles. The minimum Gasteiger partial charge on any atom is -0.462 e. The predicted molar refractivity (Wildman–Crippen MR) is 334 cm³/mol. The molecule has 438 valence electrons. The molecular formula is C71H118O6. The molecule has 77 heavy (non-hydrogen) atoms. The summed E-state index contributed by atoms with van der Waals surface area (Å²) in [5.74, 6) is -0.931. The van der Waals surface area contributed by atoms with Crippen LogP contribution in [0.4, 0.5) is 0 Å². The van der Waals surface area contributed by atoms with Gasteiger partial charge in [-0.3, -0.25) is 14.4 Å². The summed E-state index contributed by atoms with van der Waals surface area (Å²) in [4.78, 5) is 38.2. The number of hydrogen-bond donors (Lipinski definition) is 0. The normalized spacial score (nSPS) is 12.9. The summed E-state index contributed by atoms with van der Waals surface area (Å²) in [6.45, 7) is 6.45. The summed E-state index contributed by atoms with van der Waals surface area (Å²) in [5.41, 5.74) is 0. The van der Waals surface area contributed by atoms with Crippen molar-refractivity contribution in [2.24, 2.45) is 0 Å². The van der Waals surface area contributed by atoms with Crippen LogP contribution in [0.25, 0.3) is 0 Å². The van der Waals surface area contributed by atoms with E-state index in [-0.39, 0.29) is 31.1 Å². The van der Waals surface area contributed by atoms with Gasteiger partial charge in [0.15, 0.2) is 6.10 Å². The summed E-state index contributed by atoms with van der Waals surface area (Å²) >= 11 is 0. The number of esters is 3. The van der Waals surface area contributed by atoms with Gasteiger partial charge in [-0.2, -0.15) is 0 Å². The van der Waals surface area contributed by atoms with Crippen LogP contribution in [0.3, 0.4) is 0 Å². The summed E-state index contributed by atoms with van der Waals surface area (Å²) in [7, 11) is 0. The van der Waals surface area contributed by atoms with Gasteiger partial charge in [0.2, 0.25) is 0 Å². The van der Waals surface area contributed by atoms with Gasteiger partial charge in [-0.05, 0) is 109 Å². The minimum absolute atomic E-state index is 0.0929. The first-order chi connectivity index (χ1) is 38.0. The van der Waals surface area contributed by atoms with Gasteiger partial charge >= 0.3 is 17.9 Å². The molecule has 0 bridgehead atoms. The van der Waals surface area contributed by atoms with E-state index in [0.717, 1.165) is 141 Å². The average Bonchev–Trinajstić information content (AvgIpc) is 3.43. The summed E-state index contributed by atoms with van der Waals surface area (Å²) in [6, 6.07) is 0. The highest BCUT2D eigenvalue weighted by Crippen LogP contribution is 2.16. The molecule has 1 unspecified atom stereocenters. The van der Waals surface area contributed by atoms with Crippen LogP contribution < -0.4 is 0 Å². The quantitative estimate of drug-likeness (QED) is 0.0261. The Morgan fingerprint density at radius 2 is 0.532 bits per heavy atom. The van der Waals surface area contributed by atoms with Crippen LogP contribution in [-0.2, 0) is 28.6 Å².